The number of aliphatic hydroxyl groups excluding tert-OH is 7. The molecule has 0 amide bonds. The first kappa shape index (κ1) is 25.6. The molecular weight excluding hydrogens is 440 g/mol. The fourth-order valence-electron chi connectivity index (χ4n) is 6.06. The van der Waals surface area contributed by atoms with Gasteiger partial charge in [-0.2, -0.15) is 0 Å². The molecule has 4 rings (SSSR count). The minimum absolute atomic E-state index is 0.0705. The first-order valence-corrected chi connectivity index (χ1v) is 11.7. The van der Waals surface area contributed by atoms with Crippen LogP contribution in [0.5, 0.6) is 0 Å². The third-order valence-electron chi connectivity index (χ3n) is 8.95. The Kier molecular flexibility index (Phi) is 7.16. The molecule has 4 fully saturated rings. The van der Waals surface area contributed by atoms with E-state index in [-0.39, 0.29) is 23.5 Å². The summed E-state index contributed by atoms with van der Waals surface area (Å²) in [5.41, 5.74) is -0.0366. The van der Waals surface area contributed by atoms with Crippen LogP contribution in [0.2, 0.25) is 0 Å². The predicted molar refractivity (Wildman–Crippen MR) is 111 cm³/mol. The topological polar surface area (TPSA) is 179 Å². The molecule has 2 aliphatic carbocycles. The van der Waals surface area contributed by atoms with Crippen LogP contribution in [0.3, 0.4) is 0 Å². The van der Waals surface area contributed by atoms with E-state index in [0.29, 0.717) is 5.92 Å². The lowest BCUT2D eigenvalue weighted by molar-refractivity contribution is -0.339. The van der Waals surface area contributed by atoms with E-state index in [4.69, 9.17) is 18.9 Å². The molecule has 11 nitrogen and oxygen atoms in total. The van der Waals surface area contributed by atoms with Crippen LogP contribution in [0.4, 0.5) is 0 Å². The molecule has 2 saturated carbocycles. The van der Waals surface area contributed by atoms with E-state index in [1.165, 1.54) is 0 Å². The Morgan fingerprint density at radius 1 is 0.788 bits per heavy atom. The van der Waals surface area contributed by atoms with E-state index >= 15 is 0 Å². The zero-order chi connectivity index (χ0) is 24.3. The molecule has 0 unspecified atom stereocenters. The van der Waals surface area contributed by atoms with Gasteiger partial charge in [-0.3, -0.25) is 0 Å². The van der Waals surface area contributed by atoms with Gasteiger partial charge in [-0.05, 0) is 36.0 Å². The monoisotopic (exact) mass is 478 g/mol. The quantitative estimate of drug-likeness (QED) is 0.221. The van der Waals surface area contributed by atoms with Crippen LogP contribution in [-0.2, 0) is 18.9 Å². The molecule has 0 aromatic carbocycles. The van der Waals surface area contributed by atoms with Gasteiger partial charge in [-0.15, -0.1) is 0 Å². The van der Waals surface area contributed by atoms with Crippen molar-refractivity contribution in [2.24, 2.45) is 16.7 Å². The highest BCUT2D eigenvalue weighted by Crippen LogP contribution is 2.66. The van der Waals surface area contributed by atoms with Gasteiger partial charge in [0.15, 0.2) is 12.6 Å². The molecule has 11 heteroatoms. The molecule has 4 aliphatic rings. The summed E-state index contributed by atoms with van der Waals surface area (Å²) in [4.78, 5) is 0. The molecule has 7 N–H and O–H groups in total. The van der Waals surface area contributed by atoms with Gasteiger partial charge in [0.2, 0.25) is 0 Å². The van der Waals surface area contributed by atoms with E-state index in [2.05, 4.69) is 20.8 Å². The van der Waals surface area contributed by atoms with E-state index in [0.717, 1.165) is 19.3 Å². The minimum Gasteiger partial charge on any atom is -0.394 e. The number of hydrogen-bond acceptors (Lipinski definition) is 11. The molecule has 2 heterocycles. The lowest BCUT2D eigenvalue weighted by Crippen LogP contribution is -2.62. The van der Waals surface area contributed by atoms with E-state index < -0.39 is 68.0 Å². The van der Waals surface area contributed by atoms with Crippen molar-refractivity contribution in [2.75, 3.05) is 13.2 Å². The average molecular weight is 479 g/mol. The van der Waals surface area contributed by atoms with Crippen molar-refractivity contribution in [3.8, 4) is 0 Å². The van der Waals surface area contributed by atoms with E-state index in [9.17, 15) is 35.7 Å². The molecule has 0 radical (unpaired) electrons. The third kappa shape index (κ3) is 4.15. The molecule has 192 valence electrons. The fraction of sp³-hybridized carbons (Fsp3) is 1.00. The zero-order valence-corrected chi connectivity index (χ0v) is 19.2. The summed E-state index contributed by atoms with van der Waals surface area (Å²) >= 11 is 0. The summed E-state index contributed by atoms with van der Waals surface area (Å²) in [5, 5.41) is 70.5. The van der Waals surface area contributed by atoms with Gasteiger partial charge < -0.3 is 54.7 Å². The molecule has 0 spiro atoms. The van der Waals surface area contributed by atoms with Gasteiger partial charge >= 0.3 is 0 Å². The van der Waals surface area contributed by atoms with Crippen molar-refractivity contribution < 1.29 is 54.7 Å². The van der Waals surface area contributed by atoms with Crippen molar-refractivity contribution in [3.63, 3.8) is 0 Å². The summed E-state index contributed by atoms with van der Waals surface area (Å²) in [6.45, 7) is 5.64. The van der Waals surface area contributed by atoms with Crippen molar-refractivity contribution in [1.29, 1.82) is 0 Å². The second-order valence-corrected chi connectivity index (χ2v) is 10.8. The largest absolute Gasteiger partial charge is 0.394 e. The van der Waals surface area contributed by atoms with Crippen LogP contribution in [0.15, 0.2) is 0 Å². The normalized spacial score (nSPS) is 54.0. The summed E-state index contributed by atoms with van der Waals surface area (Å²) in [7, 11) is 0. The molecule has 33 heavy (non-hydrogen) atoms. The highest BCUT2D eigenvalue weighted by molar-refractivity contribution is 5.11. The number of hydrogen-bond donors (Lipinski definition) is 7. The maximum Gasteiger partial charge on any atom is 0.186 e. The van der Waals surface area contributed by atoms with Crippen LogP contribution in [0.25, 0.3) is 0 Å². The maximum absolute atomic E-state index is 10.5. The molecule has 0 aromatic rings. The standard InChI is InChI=1S/C22H38O11/c1-21(2)9-4-5-22(21,3)12(6-9)33-20-18(29)16(27)14(25)11(32-20)8-30-19-17(28)15(26)13(24)10(7-23)31-19/h9-20,23-29H,4-8H2,1-3H3/t9-,10+,11+,12+,13+,14+,15-,16-,17+,18+,19+,20-,22+/m0/s1. The molecular formula is C22H38O11. The van der Waals surface area contributed by atoms with Crippen LogP contribution in [0, 0.1) is 16.7 Å². The van der Waals surface area contributed by atoms with Gasteiger partial charge in [0.05, 0.1) is 19.3 Å². The Hall–Kier alpha value is -0.440. The number of aliphatic hydroxyl groups is 7. The molecule has 13 atom stereocenters. The Balaban J connectivity index is 1.40. The van der Waals surface area contributed by atoms with Crippen molar-refractivity contribution >= 4 is 0 Å². The van der Waals surface area contributed by atoms with E-state index in [1.807, 2.05) is 0 Å². The summed E-state index contributed by atoms with van der Waals surface area (Å²) in [6.07, 6.45) is -11.4. The smallest absolute Gasteiger partial charge is 0.186 e. The van der Waals surface area contributed by atoms with Gasteiger partial charge in [-0.25, -0.2) is 0 Å². The SMILES string of the molecule is CC1(C)[C@H]2CC[C@]1(C)[C@H](O[C@@H]1O[C@H](CO[C@@H]3O[C@H](CO)[C@@H](O)[C@H](O)[C@H]3O)[C@@H](O)[C@H](O)[C@H]1O)C2. The zero-order valence-electron chi connectivity index (χ0n) is 19.2. The van der Waals surface area contributed by atoms with Crippen LogP contribution < -0.4 is 0 Å². The summed E-state index contributed by atoms with van der Waals surface area (Å²) in [6, 6.07) is 0. The second-order valence-electron chi connectivity index (χ2n) is 10.8. The first-order valence-electron chi connectivity index (χ1n) is 11.7. The number of fused-ring (bicyclic) bond motifs is 2. The fourth-order valence-corrected chi connectivity index (χ4v) is 6.06. The summed E-state index contributed by atoms with van der Waals surface area (Å²) < 4.78 is 22.7. The lowest BCUT2D eigenvalue weighted by Gasteiger charge is -2.45. The van der Waals surface area contributed by atoms with Gasteiger partial charge in [0, 0.05) is 0 Å². The summed E-state index contributed by atoms with van der Waals surface area (Å²) in [5.74, 6) is 0.495. The van der Waals surface area contributed by atoms with Gasteiger partial charge in [0.1, 0.15) is 48.8 Å². The Morgan fingerprint density at radius 3 is 1.91 bits per heavy atom. The van der Waals surface area contributed by atoms with Gasteiger partial charge in [-0.1, -0.05) is 20.8 Å². The van der Waals surface area contributed by atoms with Crippen LogP contribution in [0.1, 0.15) is 40.0 Å². The van der Waals surface area contributed by atoms with Crippen molar-refractivity contribution in [2.45, 2.75) is 108 Å². The predicted octanol–water partition coefficient (Wildman–Crippen LogP) is -2.16. The minimum atomic E-state index is -1.61. The Bertz CT molecular complexity index is 689. The van der Waals surface area contributed by atoms with Crippen molar-refractivity contribution in [1.82, 2.24) is 0 Å². The highest BCUT2D eigenvalue weighted by atomic mass is 16.7. The number of ether oxygens (including phenoxy) is 4. The van der Waals surface area contributed by atoms with Crippen LogP contribution in [-0.4, -0.2) is 116 Å². The average Bonchev–Trinajstić information content (AvgIpc) is 3.11. The third-order valence-corrected chi connectivity index (χ3v) is 8.95. The second kappa shape index (κ2) is 9.21. The molecule has 2 aliphatic heterocycles. The number of rotatable bonds is 6. The highest BCUT2D eigenvalue weighted by Gasteiger charge is 2.63. The van der Waals surface area contributed by atoms with Crippen molar-refractivity contribution in [3.05, 3.63) is 0 Å². The van der Waals surface area contributed by atoms with E-state index in [1.54, 1.807) is 0 Å². The van der Waals surface area contributed by atoms with Crippen LogP contribution >= 0.6 is 0 Å². The Labute approximate surface area is 192 Å². The Morgan fingerprint density at radius 2 is 1.36 bits per heavy atom. The maximum atomic E-state index is 10.5. The van der Waals surface area contributed by atoms with Gasteiger partial charge in [0.25, 0.3) is 0 Å². The first-order chi connectivity index (χ1) is 15.4. The lowest BCUT2D eigenvalue weighted by atomic mass is 9.70. The molecule has 0 aromatic heterocycles. The molecule has 2 saturated heterocycles. The molecule has 2 bridgehead atoms.